The highest BCUT2D eigenvalue weighted by atomic mass is 16.6. The predicted octanol–water partition coefficient (Wildman–Crippen LogP) is 4.10. The van der Waals surface area contributed by atoms with Crippen molar-refractivity contribution in [1.29, 1.82) is 0 Å². The van der Waals surface area contributed by atoms with Gasteiger partial charge in [0.15, 0.2) is 5.76 Å². The molecular formula is C18H18N4O3. The Hall–Kier alpha value is -3.09. The van der Waals surface area contributed by atoms with E-state index in [0.29, 0.717) is 11.4 Å². The molecule has 0 fully saturated rings. The van der Waals surface area contributed by atoms with Crippen LogP contribution in [0.3, 0.4) is 0 Å². The topological polar surface area (TPSA) is 86.1 Å². The Kier molecular flexibility index (Phi) is 3.76. The summed E-state index contributed by atoms with van der Waals surface area (Å²) in [5, 5.41) is 19.4. The van der Waals surface area contributed by atoms with Gasteiger partial charge in [0, 0.05) is 24.2 Å². The Morgan fingerprint density at radius 1 is 1.32 bits per heavy atom. The Balaban J connectivity index is 1.94. The van der Waals surface area contributed by atoms with Crippen molar-refractivity contribution in [1.82, 2.24) is 9.78 Å². The average molecular weight is 338 g/mol. The monoisotopic (exact) mass is 338 g/mol. The van der Waals surface area contributed by atoms with Crippen molar-refractivity contribution >= 4 is 11.5 Å². The largest absolute Gasteiger partial charge is 0.463 e. The van der Waals surface area contributed by atoms with Crippen LogP contribution in [0.15, 0.2) is 41.0 Å². The quantitative estimate of drug-likeness (QED) is 0.574. The number of hydrogen-bond acceptors (Lipinski definition) is 5. The molecule has 3 aromatic rings. The zero-order valence-corrected chi connectivity index (χ0v) is 13.9. The van der Waals surface area contributed by atoms with Gasteiger partial charge in [0.25, 0.3) is 5.69 Å². The lowest BCUT2D eigenvalue weighted by atomic mass is 10.1. The number of anilines is 1. The Morgan fingerprint density at radius 2 is 2.20 bits per heavy atom. The van der Waals surface area contributed by atoms with Gasteiger partial charge in [-0.3, -0.25) is 10.1 Å². The fourth-order valence-electron chi connectivity index (χ4n) is 3.23. The second-order valence-electron chi connectivity index (χ2n) is 6.18. The number of rotatable bonds is 3. The zero-order valence-electron chi connectivity index (χ0n) is 13.9. The molecule has 0 unspecified atom stereocenters. The van der Waals surface area contributed by atoms with Crippen LogP contribution in [0.5, 0.6) is 0 Å². The number of furan rings is 1. The summed E-state index contributed by atoms with van der Waals surface area (Å²) in [6, 6.07) is 8.56. The van der Waals surface area contributed by atoms with Crippen LogP contribution >= 0.6 is 0 Å². The van der Waals surface area contributed by atoms with Crippen molar-refractivity contribution in [3.05, 3.63) is 57.8 Å². The van der Waals surface area contributed by atoms with Crippen LogP contribution in [0.2, 0.25) is 0 Å². The number of benzene rings is 1. The third-order valence-electron chi connectivity index (χ3n) is 4.52. The van der Waals surface area contributed by atoms with Crippen LogP contribution < -0.4 is 5.32 Å². The molecule has 2 aromatic heterocycles. The van der Waals surface area contributed by atoms with Crippen LogP contribution in [0.1, 0.15) is 24.0 Å². The number of aryl methyl sites for hydroxylation is 1. The molecule has 0 radical (unpaired) electrons. The Bertz CT molecular complexity index is 928. The fourth-order valence-corrected chi connectivity index (χ4v) is 3.23. The standard InChI is InChI=1S/C18H18N4O3/c1-12-7-8-13(22(23)24)11-15(12)21-18-14(5-2-3-9-19-18)17(20-21)16-6-4-10-25-16/h4,6-8,10-11,19H,2-3,5,9H2,1H3. The number of aromatic nitrogens is 2. The lowest BCUT2D eigenvalue weighted by Gasteiger charge is -2.11. The van der Waals surface area contributed by atoms with E-state index in [1.54, 1.807) is 23.1 Å². The van der Waals surface area contributed by atoms with Crippen LogP contribution in [0, 0.1) is 17.0 Å². The molecule has 0 saturated heterocycles. The Labute approximate surface area is 144 Å². The number of nitrogens with zero attached hydrogens (tertiary/aromatic N) is 3. The van der Waals surface area contributed by atoms with E-state index in [2.05, 4.69) is 5.32 Å². The van der Waals surface area contributed by atoms with Gasteiger partial charge in [-0.05, 0) is 43.9 Å². The van der Waals surface area contributed by atoms with Crippen molar-refractivity contribution in [2.45, 2.75) is 26.2 Å². The normalized spacial score (nSPS) is 13.8. The second kappa shape index (κ2) is 6.08. The molecule has 1 aliphatic heterocycles. The summed E-state index contributed by atoms with van der Waals surface area (Å²) in [5.74, 6) is 1.61. The molecule has 0 spiro atoms. The van der Waals surface area contributed by atoms with Gasteiger partial charge in [0.1, 0.15) is 11.5 Å². The summed E-state index contributed by atoms with van der Waals surface area (Å²) >= 11 is 0. The van der Waals surface area contributed by atoms with Crippen molar-refractivity contribution < 1.29 is 9.34 Å². The van der Waals surface area contributed by atoms with Gasteiger partial charge in [-0.25, -0.2) is 4.68 Å². The summed E-state index contributed by atoms with van der Waals surface area (Å²) < 4.78 is 7.33. The minimum atomic E-state index is -0.383. The first-order valence-corrected chi connectivity index (χ1v) is 8.30. The summed E-state index contributed by atoms with van der Waals surface area (Å²) in [6.45, 7) is 2.78. The van der Waals surface area contributed by atoms with Crippen molar-refractivity contribution in [3.8, 4) is 17.1 Å². The van der Waals surface area contributed by atoms with Crippen molar-refractivity contribution in [2.75, 3.05) is 11.9 Å². The molecule has 0 aliphatic carbocycles. The highest BCUT2D eigenvalue weighted by molar-refractivity contribution is 5.69. The van der Waals surface area contributed by atoms with E-state index in [9.17, 15) is 10.1 Å². The molecule has 7 heteroatoms. The van der Waals surface area contributed by atoms with Crippen LogP contribution in [0.4, 0.5) is 11.5 Å². The number of hydrogen-bond donors (Lipinski definition) is 1. The predicted molar refractivity (Wildman–Crippen MR) is 94.1 cm³/mol. The molecule has 3 heterocycles. The minimum absolute atomic E-state index is 0.0537. The summed E-state index contributed by atoms with van der Waals surface area (Å²) in [7, 11) is 0. The molecule has 0 bridgehead atoms. The first-order valence-electron chi connectivity index (χ1n) is 8.30. The number of nitro benzene ring substituents is 1. The van der Waals surface area contributed by atoms with Gasteiger partial charge in [-0.15, -0.1) is 0 Å². The van der Waals surface area contributed by atoms with Gasteiger partial charge in [0.2, 0.25) is 0 Å². The first kappa shape index (κ1) is 15.4. The maximum atomic E-state index is 11.2. The molecule has 1 N–H and O–H groups in total. The third kappa shape index (κ3) is 2.67. The smallest absolute Gasteiger partial charge is 0.271 e. The lowest BCUT2D eigenvalue weighted by molar-refractivity contribution is -0.384. The molecule has 128 valence electrons. The molecular weight excluding hydrogens is 320 g/mol. The number of nitro groups is 1. The maximum absolute atomic E-state index is 11.2. The first-order chi connectivity index (χ1) is 12.1. The molecule has 4 rings (SSSR count). The molecule has 0 saturated carbocycles. The van der Waals surface area contributed by atoms with E-state index < -0.39 is 0 Å². The fraction of sp³-hybridized carbons (Fsp3) is 0.278. The highest BCUT2D eigenvalue weighted by Crippen LogP contribution is 2.35. The number of nitrogens with one attached hydrogen (secondary N) is 1. The molecule has 0 amide bonds. The second-order valence-corrected chi connectivity index (χ2v) is 6.18. The van der Waals surface area contributed by atoms with Crippen LogP contribution in [-0.4, -0.2) is 21.2 Å². The van der Waals surface area contributed by atoms with E-state index in [1.165, 1.54) is 6.07 Å². The minimum Gasteiger partial charge on any atom is -0.463 e. The van der Waals surface area contributed by atoms with Gasteiger partial charge >= 0.3 is 0 Å². The van der Waals surface area contributed by atoms with Crippen molar-refractivity contribution in [2.24, 2.45) is 0 Å². The van der Waals surface area contributed by atoms with E-state index in [1.807, 2.05) is 19.1 Å². The molecule has 7 nitrogen and oxygen atoms in total. The summed E-state index contributed by atoms with van der Waals surface area (Å²) in [5.41, 5.74) is 3.57. The summed E-state index contributed by atoms with van der Waals surface area (Å²) in [4.78, 5) is 10.8. The van der Waals surface area contributed by atoms with E-state index in [-0.39, 0.29) is 10.6 Å². The van der Waals surface area contributed by atoms with Crippen LogP contribution in [-0.2, 0) is 6.42 Å². The third-order valence-corrected chi connectivity index (χ3v) is 4.52. The molecule has 25 heavy (non-hydrogen) atoms. The van der Waals surface area contributed by atoms with Crippen molar-refractivity contribution in [3.63, 3.8) is 0 Å². The molecule has 1 aliphatic rings. The molecule has 1 aromatic carbocycles. The lowest BCUT2D eigenvalue weighted by Crippen LogP contribution is -2.08. The van der Waals surface area contributed by atoms with Gasteiger partial charge < -0.3 is 9.73 Å². The van der Waals surface area contributed by atoms with Gasteiger partial charge in [-0.1, -0.05) is 6.07 Å². The van der Waals surface area contributed by atoms with Crippen LogP contribution in [0.25, 0.3) is 17.1 Å². The number of non-ortho nitro benzene ring substituents is 1. The van der Waals surface area contributed by atoms with E-state index in [0.717, 1.165) is 48.4 Å². The van der Waals surface area contributed by atoms with Gasteiger partial charge in [0.05, 0.1) is 16.9 Å². The SMILES string of the molecule is Cc1ccc([N+](=O)[O-])cc1-n1nc(-c2ccco2)c2c1NCCCC2. The maximum Gasteiger partial charge on any atom is 0.271 e. The van der Waals surface area contributed by atoms with Gasteiger partial charge in [-0.2, -0.15) is 5.10 Å². The highest BCUT2D eigenvalue weighted by Gasteiger charge is 2.24. The zero-order chi connectivity index (χ0) is 17.4. The Morgan fingerprint density at radius 3 is 2.96 bits per heavy atom. The number of fused-ring (bicyclic) bond motifs is 1. The van der Waals surface area contributed by atoms with E-state index in [4.69, 9.17) is 9.52 Å². The summed E-state index contributed by atoms with van der Waals surface area (Å²) in [6.07, 6.45) is 4.66. The molecule has 0 atom stereocenters. The van der Waals surface area contributed by atoms with E-state index >= 15 is 0 Å². The average Bonchev–Trinajstić information content (AvgIpc) is 3.17.